The van der Waals surface area contributed by atoms with E-state index in [1.807, 2.05) is 13.0 Å². The average Bonchev–Trinajstić information content (AvgIpc) is 2.26. The smallest absolute Gasteiger partial charge is 0.153 e. The summed E-state index contributed by atoms with van der Waals surface area (Å²) in [5.41, 5.74) is 2.17. The summed E-state index contributed by atoms with van der Waals surface area (Å²) in [5.74, 6) is 0.0916. The van der Waals surface area contributed by atoms with Gasteiger partial charge in [-0.25, -0.2) is 0 Å². The van der Waals surface area contributed by atoms with E-state index in [4.69, 9.17) is 0 Å². The van der Waals surface area contributed by atoms with Crippen molar-refractivity contribution in [2.24, 2.45) is 0 Å². The lowest BCUT2D eigenvalue weighted by molar-refractivity contribution is 0.112. The van der Waals surface area contributed by atoms with Gasteiger partial charge in [0.15, 0.2) is 6.29 Å². The van der Waals surface area contributed by atoms with Crippen molar-refractivity contribution >= 4 is 6.29 Å². The van der Waals surface area contributed by atoms with Gasteiger partial charge in [-0.1, -0.05) is 33.8 Å². The number of benzene rings is 1. The Morgan fingerprint density at radius 1 is 1.35 bits per heavy atom. The highest BCUT2D eigenvalue weighted by Crippen LogP contribution is 2.30. The SMILES string of the molecule is CCNCc1cc(C(C)(C)C)cc(C=O)c1O. The molecule has 17 heavy (non-hydrogen) atoms. The van der Waals surface area contributed by atoms with Crippen molar-refractivity contribution in [3.8, 4) is 5.75 Å². The third-order valence-corrected chi connectivity index (χ3v) is 2.78. The maximum absolute atomic E-state index is 11.0. The topological polar surface area (TPSA) is 49.3 Å². The lowest BCUT2D eigenvalue weighted by atomic mass is 9.85. The molecule has 0 unspecified atom stereocenters. The number of rotatable bonds is 4. The Labute approximate surface area is 103 Å². The quantitative estimate of drug-likeness (QED) is 0.789. The Balaban J connectivity index is 3.23. The minimum Gasteiger partial charge on any atom is -0.507 e. The number of carbonyl (C=O) groups excluding carboxylic acids is 1. The van der Waals surface area contributed by atoms with Crippen LogP contribution in [0.2, 0.25) is 0 Å². The molecule has 0 fully saturated rings. The van der Waals surface area contributed by atoms with Gasteiger partial charge in [-0.15, -0.1) is 0 Å². The summed E-state index contributed by atoms with van der Waals surface area (Å²) in [5, 5.41) is 13.1. The average molecular weight is 235 g/mol. The number of aromatic hydroxyl groups is 1. The van der Waals surface area contributed by atoms with Crippen LogP contribution in [0.3, 0.4) is 0 Å². The van der Waals surface area contributed by atoms with E-state index in [0.717, 1.165) is 17.7 Å². The van der Waals surface area contributed by atoms with Crippen molar-refractivity contribution in [2.75, 3.05) is 6.54 Å². The Hall–Kier alpha value is -1.35. The number of aldehydes is 1. The standard InChI is InChI=1S/C14H21NO2/c1-5-15-8-10-6-12(14(2,3)4)7-11(9-16)13(10)17/h6-7,9,15,17H,5,8H2,1-4H3. The summed E-state index contributed by atoms with van der Waals surface area (Å²) in [6.07, 6.45) is 0.708. The fourth-order valence-electron chi connectivity index (χ4n) is 1.64. The maximum Gasteiger partial charge on any atom is 0.153 e. The number of nitrogens with one attached hydrogen (secondary N) is 1. The number of phenolic OH excluding ortho intramolecular Hbond substituents is 1. The van der Waals surface area contributed by atoms with Crippen molar-refractivity contribution in [2.45, 2.75) is 39.7 Å². The maximum atomic E-state index is 11.0. The Morgan fingerprint density at radius 3 is 2.47 bits per heavy atom. The van der Waals surface area contributed by atoms with Crippen molar-refractivity contribution < 1.29 is 9.90 Å². The van der Waals surface area contributed by atoms with Crippen LogP contribution in [0.5, 0.6) is 5.75 Å². The molecule has 0 spiro atoms. The predicted octanol–water partition coefficient (Wildman–Crippen LogP) is 2.61. The summed E-state index contributed by atoms with van der Waals surface area (Å²) in [6.45, 7) is 9.68. The molecule has 1 aromatic carbocycles. The molecule has 3 heteroatoms. The molecule has 0 radical (unpaired) electrons. The molecular weight excluding hydrogens is 214 g/mol. The minimum absolute atomic E-state index is 0.0353. The largest absolute Gasteiger partial charge is 0.507 e. The monoisotopic (exact) mass is 235 g/mol. The molecule has 0 aliphatic heterocycles. The first kappa shape index (κ1) is 13.7. The van der Waals surface area contributed by atoms with Gasteiger partial charge in [0.25, 0.3) is 0 Å². The number of hydrogen-bond acceptors (Lipinski definition) is 3. The fourth-order valence-corrected chi connectivity index (χ4v) is 1.64. The first-order valence-corrected chi connectivity index (χ1v) is 5.92. The van der Waals surface area contributed by atoms with Crippen LogP contribution in [-0.2, 0) is 12.0 Å². The van der Waals surface area contributed by atoms with E-state index in [2.05, 4.69) is 26.1 Å². The zero-order valence-electron chi connectivity index (χ0n) is 11.0. The van der Waals surface area contributed by atoms with Gasteiger partial charge < -0.3 is 10.4 Å². The summed E-state index contributed by atoms with van der Waals surface area (Å²) in [7, 11) is 0. The summed E-state index contributed by atoms with van der Waals surface area (Å²) in [4.78, 5) is 11.0. The second-order valence-corrected chi connectivity index (χ2v) is 5.22. The first-order chi connectivity index (χ1) is 7.90. The van der Waals surface area contributed by atoms with E-state index in [1.54, 1.807) is 6.07 Å². The number of carbonyl (C=O) groups is 1. The highest BCUT2D eigenvalue weighted by atomic mass is 16.3. The second-order valence-electron chi connectivity index (χ2n) is 5.22. The van der Waals surface area contributed by atoms with Gasteiger partial charge in [-0.05, 0) is 23.6 Å². The molecule has 2 N–H and O–H groups in total. The van der Waals surface area contributed by atoms with E-state index in [0.29, 0.717) is 18.4 Å². The molecule has 3 nitrogen and oxygen atoms in total. The van der Waals surface area contributed by atoms with E-state index in [9.17, 15) is 9.90 Å². The molecule has 0 saturated carbocycles. The Morgan fingerprint density at radius 2 is 2.00 bits per heavy atom. The van der Waals surface area contributed by atoms with Gasteiger partial charge in [0.05, 0.1) is 5.56 Å². The highest BCUT2D eigenvalue weighted by Gasteiger charge is 2.18. The van der Waals surface area contributed by atoms with Crippen molar-refractivity contribution in [1.29, 1.82) is 0 Å². The molecule has 0 bridgehead atoms. The van der Waals surface area contributed by atoms with Crippen LogP contribution < -0.4 is 5.32 Å². The molecule has 0 atom stereocenters. The summed E-state index contributed by atoms with van der Waals surface area (Å²) < 4.78 is 0. The minimum atomic E-state index is -0.0353. The normalized spacial score (nSPS) is 11.5. The first-order valence-electron chi connectivity index (χ1n) is 5.92. The van der Waals surface area contributed by atoms with Gasteiger partial charge in [0.1, 0.15) is 5.75 Å². The summed E-state index contributed by atoms with van der Waals surface area (Å²) in [6, 6.07) is 3.72. The third kappa shape index (κ3) is 3.30. The number of phenols is 1. The van der Waals surface area contributed by atoms with Gasteiger partial charge in [-0.2, -0.15) is 0 Å². The van der Waals surface area contributed by atoms with Crippen LogP contribution in [0.15, 0.2) is 12.1 Å². The van der Waals surface area contributed by atoms with Crippen LogP contribution in [0.25, 0.3) is 0 Å². The van der Waals surface area contributed by atoms with Crippen molar-refractivity contribution in [3.05, 3.63) is 28.8 Å². The molecule has 0 heterocycles. The van der Waals surface area contributed by atoms with Crippen LogP contribution in [0.4, 0.5) is 0 Å². The molecule has 94 valence electrons. The molecule has 0 saturated heterocycles. The molecule has 0 aromatic heterocycles. The molecule has 0 aliphatic rings. The highest BCUT2D eigenvalue weighted by molar-refractivity contribution is 5.80. The van der Waals surface area contributed by atoms with E-state index in [1.165, 1.54) is 0 Å². The van der Waals surface area contributed by atoms with Gasteiger partial charge >= 0.3 is 0 Å². The fraction of sp³-hybridized carbons (Fsp3) is 0.500. The number of hydrogen-bond donors (Lipinski definition) is 2. The lowest BCUT2D eigenvalue weighted by Gasteiger charge is -2.21. The molecule has 0 amide bonds. The van der Waals surface area contributed by atoms with Crippen LogP contribution in [0, 0.1) is 0 Å². The van der Waals surface area contributed by atoms with E-state index >= 15 is 0 Å². The zero-order chi connectivity index (χ0) is 13.1. The third-order valence-electron chi connectivity index (χ3n) is 2.78. The predicted molar refractivity (Wildman–Crippen MR) is 69.6 cm³/mol. The van der Waals surface area contributed by atoms with Crippen molar-refractivity contribution in [1.82, 2.24) is 5.32 Å². The Bertz CT molecular complexity index is 405. The van der Waals surface area contributed by atoms with Crippen LogP contribution in [0.1, 0.15) is 49.2 Å². The van der Waals surface area contributed by atoms with Gasteiger partial charge in [0, 0.05) is 12.1 Å². The van der Waals surface area contributed by atoms with Crippen molar-refractivity contribution in [3.63, 3.8) is 0 Å². The molecule has 1 aromatic rings. The van der Waals surface area contributed by atoms with E-state index in [-0.39, 0.29) is 11.2 Å². The zero-order valence-corrected chi connectivity index (χ0v) is 11.0. The molecule has 1 rings (SSSR count). The summed E-state index contributed by atoms with van der Waals surface area (Å²) >= 11 is 0. The van der Waals surface area contributed by atoms with Gasteiger partial charge in [-0.3, -0.25) is 4.79 Å². The molecule has 0 aliphatic carbocycles. The van der Waals surface area contributed by atoms with Gasteiger partial charge in [0.2, 0.25) is 0 Å². The van der Waals surface area contributed by atoms with Crippen LogP contribution in [-0.4, -0.2) is 17.9 Å². The van der Waals surface area contributed by atoms with E-state index < -0.39 is 0 Å². The van der Waals surface area contributed by atoms with Crippen LogP contribution >= 0.6 is 0 Å². The molecular formula is C14H21NO2. The Kier molecular flexibility index (Phi) is 4.29. The second kappa shape index (κ2) is 5.32. The lowest BCUT2D eigenvalue weighted by Crippen LogP contribution is -2.16.